The van der Waals surface area contributed by atoms with E-state index in [2.05, 4.69) is 9.82 Å². The van der Waals surface area contributed by atoms with E-state index < -0.39 is 27.4 Å². The maximum absolute atomic E-state index is 13.4. The van der Waals surface area contributed by atoms with E-state index in [9.17, 15) is 17.6 Å². The maximum atomic E-state index is 13.4. The summed E-state index contributed by atoms with van der Waals surface area (Å²) in [5, 5.41) is 13.2. The number of hydrogen-bond donors (Lipinski definition) is 2. The molecule has 0 radical (unpaired) electrons. The van der Waals surface area contributed by atoms with E-state index in [0.717, 1.165) is 12.1 Å². The van der Waals surface area contributed by atoms with Crippen LogP contribution in [0.2, 0.25) is 0 Å². The lowest BCUT2D eigenvalue weighted by Gasteiger charge is -2.10. The van der Waals surface area contributed by atoms with Gasteiger partial charge in [-0.3, -0.25) is 9.40 Å². The second kappa shape index (κ2) is 6.60. The van der Waals surface area contributed by atoms with Crippen LogP contribution in [0.25, 0.3) is 0 Å². The van der Waals surface area contributed by atoms with Crippen molar-refractivity contribution in [1.82, 2.24) is 9.78 Å². The summed E-state index contributed by atoms with van der Waals surface area (Å²) in [6.07, 6.45) is 0.886. The van der Waals surface area contributed by atoms with Gasteiger partial charge in [-0.05, 0) is 31.0 Å². The number of hydrogen-bond acceptors (Lipinski definition) is 4. The number of benzene rings is 1. The molecule has 0 saturated heterocycles. The Balaban J connectivity index is 2.50. The summed E-state index contributed by atoms with van der Waals surface area (Å²) in [6.45, 7) is 3.61. The number of anilines is 1. The van der Waals surface area contributed by atoms with Gasteiger partial charge < -0.3 is 5.11 Å². The number of rotatable bonds is 6. The lowest BCUT2D eigenvalue weighted by atomic mass is 10.2. The van der Waals surface area contributed by atoms with E-state index in [0.29, 0.717) is 24.2 Å². The normalized spacial score (nSPS) is 11.5. The summed E-state index contributed by atoms with van der Waals surface area (Å²) in [5.41, 5.74) is 0.330. The molecule has 2 N–H and O–H groups in total. The predicted octanol–water partition coefficient (Wildman–Crippen LogP) is 2.18. The van der Waals surface area contributed by atoms with Crippen LogP contribution in [0.15, 0.2) is 23.1 Å². The summed E-state index contributed by atoms with van der Waals surface area (Å²) < 4.78 is 42.7. The molecule has 9 heteroatoms. The summed E-state index contributed by atoms with van der Waals surface area (Å²) in [4.78, 5) is 11.1. The minimum atomic E-state index is -3.98. The van der Waals surface area contributed by atoms with Gasteiger partial charge in [0.2, 0.25) is 0 Å². The largest absolute Gasteiger partial charge is 0.478 e. The van der Waals surface area contributed by atoms with Gasteiger partial charge in [0.1, 0.15) is 10.7 Å². The summed E-state index contributed by atoms with van der Waals surface area (Å²) >= 11 is 0. The number of aromatic carboxylic acids is 1. The Morgan fingerprint density at radius 2 is 2.00 bits per heavy atom. The third-order valence-electron chi connectivity index (χ3n) is 3.57. The standard InChI is InChI=1S/C15H18FN3O4S/c1-4-12-14(13(5-2)19(3)17-12)24(22,23)18-9-6-7-11(16)10(8-9)15(20)21/h6-8,18H,4-5H2,1-3H3,(H,20,21). The fourth-order valence-electron chi connectivity index (χ4n) is 2.49. The Bertz CT molecular complexity index is 890. The second-order valence-corrected chi connectivity index (χ2v) is 6.78. The van der Waals surface area contributed by atoms with Gasteiger partial charge in [0.25, 0.3) is 10.0 Å². The average molecular weight is 355 g/mol. The molecule has 2 aromatic rings. The topological polar surface area (TPSA) is 101 Å². The third kappa shape index (κ3) is 3.25. The van der Waals surface area contributed by atoms with Crippen LogP contribution in [0, 0.1) is 5.82 Å². The number of halogens is 1. The van der Waals surface area contributed by atoms with E-state index in [1.54, 1.807) is 14.0 Å². The van der Waals surface area contributed by atoms with Gasteiger partial charge in [-0.15, -0.1) is 0 Å². The Kier molecular flexibility index (Phi) is 4.93. The van der Waals surface area contributed by atoms with Crippen molar-refractivity contribution < 1.29 is 22.7 Å². The van der Waals surface area contributed by atoms with Gasteiger partial charge in [-0.1, -0.05) is 13.8 Å². The molecule has 2 rings (SSSR count). The highest BCUT2D eigenvalue weighted by molar-refractivity contribution is 7.92. The number of sulfonamides is 1. The lowest BCUT2D eigenvalue weighted by Crippen LogP contribution is -2.16. The Morgan fingerprint density at radius 3 is 2.54 bits per heavy atom. The molecular formula is C15H18FN3O4S. The first-order valence-electron chi connectivity index (χ1n) is 7.31. The van der Waals surface area contributed by atoms with Crippen LogP contribution < -0.4 is 4.72 Å². The van der Waals surface area contributed by atoms with Gasteiger partial charge in [0.05, 0.1) is 17.0 Å². The smallest absolute Gasteiger partial charge is 0.338 e. The average Bonchev–Trinajstić information content (AvgIpc) is 2.85. The highest BCUT2D eigenvalue weighted by atomic mass is 32.2. The van der Waals surface area contributed by atoms with Crippen molar-refractivity contribution in [2.24, 2.45) is 7.05 Å². The molecule has 1 aromatic carbocycles. The molecule has 0 bridgehead atoms. The molecule has 0 fully saturated rings. The van der Waals surface area contributed by atoms with Crippen molar-refractivity contribution in [2.45, 2.75) is 31.6 Å². The number of carbonyl (C=O) groups is 1. The molecule has 0 unspecified atom stereocenters. The van der Waals surface area contributed by atoms with Crippen LogP contribution in [0.4, 0.5) is 10.1 Å². The van der Waals surface area contributed by atoms with Crippen molar-refractivity contribution in [3.05, 3.63) is 41.0 Å². The number of nitrogens with zero attached hydrogens (tertiary/aromatic N) is 2. The van der Waals surface area contributed by atoms with E-state index in [4.69, 9.17) is 5.11 Å². The first kappa shape index (κ1) is 17.9. The Morgan fingerprint density at radius 1 is 1.33 bits per heavy atom. The fraction of sp³-hybridized carbons (Fsp3) is 0.333. The zero-order chi connectivity index (χ0) is 18.1. The van der Waals surface area contributed by atoms with E-state index in [1.165, 1.54) is 10.7 Å². The molecule has 1 aromatic heterocycles. The van der Waals surface area contributed by atoms with Crippen molar-refractivity contribution in [1.29, 1.82) is 0 Å². The SMILES string of the molecule is CCc1nn(C)c(CC)c1S(=O)(=O)Nc1ccc(F)c(C(=O)O)c1. The first-order valence-corrected chi connectivity index (χ1v) is 8.80. The second-order valence-electron chi connectivity index (χ2n) is 5.16. The first-order chi connectivity index (χ1) is 11.2. The van der Waals surface area contributed by atoms with Crippen molar-refractivity contribution in [3.63, 3.8) is 0 Å². The van der Waals surface area contributed by atoms with Crippen LogP contribution in [-0.4, -0.2) is 29.3 Å². The molecule has 0 spiro atoms. The number of aryl methyl sites for hydroxylation is 2. The van der Waals surface area contributed by atoms with Crippen LogP contribution in [0.5, 0.6) is 0 Å². The van der Waals surface area contributed by atoms with Gasteiger partial charge in [0.15, 0.2) is 0 Å². The Hall–Kier alpha value is -2.42. The molecule has 0 atom stereocenters. The highest BCUT2D eigenvalue weighted by Crippen LogP contribution is 2.25. The molecule has 7 nitrogen and oxygen atoms in total. The highest BCUT2D eigenvalue weighted by Gasteiger charge is 2.26. The maximum Gasteiger partial charge on any atom is 0.338 e. The molecule has 24 heavy (non-hydrogen) atoms. The van der Waals surface area contributed by atoms with E-state index >= 15 is 0 Å². The van der Waals surface area contributed by atoms with Crippen molar-refractivity contribution in [2.75, 3.05) is 4.72 Å². The van der Waals surface area contributed by atoms with E-state index in [1.807, 2.05) is 6.92 Å². The summed E-state index contributed by atoms with van der Waals surface area (Å²) in [6, 6.07) is 3.03. The van der Waals surface area contributed by atoms with Gasteiger partial charge in [-0.25, -0.2) is 17.6 Å². The van der Waals surface area contributed by atoms with Crippen molar-refractivity contribution in [3.8, 4) is 0 Å². The molecular weight excluding hydrogens is 337 g/mol. The lowest BCUT2D eigenvalue weighted by molar-refractivity contribution is 0.0692. The zero-order valence-electron chi connectivity index (χ0n) is 13.5. The monoisotopic (exact) mass is 355 g/mol. The molecule has 1 heterocycles. The summed E-state index contributed by atoms with van der Waals surface area (Å²) in [5.74, 6) is -2.41. The molecule has 0 aliphatic heterocycles. The number of carboxylic acid groups (broad SMARTS) is 1. The molecule has 0 amide bonds. The van der Waals surface area contributed by atoms with Crippen LogP contribution in [-0.2, 0) is 29.9 Å². The Labute approximate surface area is 139 Å². The molecule has 0 aliphatic rings. The van der Waals surface area contributed by atoms with Crippen LogP contribution >= 0.6 is 0 Å². The van der Waals surface area contributed by atoms with Gasteiger partial charge in [-0.2, -0.15) is 5.10 Å². The molecule has 0 saturated carbocycles. The van der Waals surface area contributed by atoms with Crippen LogP contribution in [0.3, 0.4) is 0 Å². The predicted molar refractivity (Wildman–Crippen MR) is 86.1 cm³/mol. The number of nitrogens with one attached hydrogen (secondary N) is 1. The van der Waals surface area contributed by atoms with Crippen LogP contribution in [0.1, 0.15) is 35.6 Å². The van der Waals surface area contributed by atoms with Gasteiger partial charge in [0, 0.05) is 12.7 Å². The van der Waals surface area contributed by atoms with Crippen molar-refractivity contribution >= 4 is 21.7 Å². The quantitative estimate of drug-likeness (QED) is 0.827. The minimum absolute atomic E-state index is 0.0261. The van der Waals surface area contributed by atoms with E-state index in [-0.39, 0.29) is 10.6 Å². The zero-order valence-corrected chi connectivity index (χ0v) is 14.3. The number of carboxylic acids is 1. The molecule has 0 aliphatic carbocycles. The number of aromatic nitrogens is 2. The fourth-order valence-corrected chi connectivity index (χ4v) is 4.11. The van der Waals surface area contributed by atoms with Gasteiger partial charge >= 0.3 is 5.97 Å². The summed E-state index contributed by atoms with van der Waals surface area (Å²) in [7, 11) is -2.32. The molecule has 130 valence electrons. The minimum Gasteiger partial charge on any atom is -0.478 e. The third-order valence-corrected chi connectivity index (χ3v) is 5.09.